The maximum Gasteiger partial charge on any atom is 0.250 e. The van der Waals surface area contributed by atoms with Crippen molar-refractivity contribution in [1.82, 2.24) is 9.55 Å². The Labute approximate surface area is 172 Å². The third kappa shape index (κ3) is 4.05. The number of anilines is 1. The molecule has 2 heterocycles. The number of aromatic nitrogens is 2. The van der Waals surface area contributed by atoms with Crippen LogP contribution in [0.2, 0.25) is 5.02 Å². The number of nitrogens with zero attached hydrogens (tertiary/aromatic N) is 2. The number of aryl methyl sites for hydroxylation is 1. The minimum atomic E-state index is -0.0595. The Balaban J connectivity index is 1.77. The molecule has 4 aromatic rings. The van der Waals surface area contributed by atoms with Gasteiger partial charge >= 0.3 is 0 Å². The van der Waals surface area contributed by atoms with Crippen LogP contribution in [-0.2, 0) is 13.6 Å². The molecule has 0 saturated carbocycles. The summed E-state index contributed by atoms with van der Waals surface area (Å²) in [5.74, 6) is 0. The molecule has 5 nitrogen and oxygen atoms in total. The zero-order valence-electron chi connectivity index (χ0n) is 15.7. The van der Waals surface area contributed by atoms with Gasteiger partial charge in [0.25, 0.3) is 0 Å². The maximum atomic E-state index is 11.7. The van der Waals surface area contributed by atoms with Crippen molar-refractivity contribution in [2.75, 3.05) is 5.32 Å². The van der Waals surface area contributed by atoms with E-state index >= 15 is 0 Å². The lowest BCUT2D eigenvalue weighted by molar-refractivity contribution is 0.111. The first-order valence-corrected chi connectivity index (χ1v) is 9.46. The number of nitrogens with one attached hydrogen (secondary N) is 1. The summed E-state index contributed by atoms with van der Waals surface area (Å²) in [7, 11) is 1.72. The van der Waals surface area contributed by atoms with Gasteiger partial charge in [0.05, 0.1) is 5.52 Å². The van der Waals surface area contributed by atoms with Crippen LogP contribution in [0.25, 0.3) is 22.0 Å². The van der Waals surface area contributed by atoms with E-state index in [0.29, 0.717) is 17.3 Å². The molecular formula is C23H18ClN3O2. The van der Waals surface area contributed by atoms with Crippen LogP contribution in [0.4, 0.5) is 5.69 Å². The minimum absolute atomic E-state index is 0.0595. The molecule has 144 valence electrons. The Kier molecular flexibility index (Phi) is 5.14. The van der Waals surface area contributed by atoms with Crippen LogP contribution in [-0.4, -0.2) is 15.8 Å². The molecule has 0 fully saturated rings. The van der Waals surface area contributed by atoms with Gasteiger partial charge in [-0.1, -0.05) is 29.8 Å². The number of carbonyl (C=O) groups excluding carboxylic acids is 1. The van der Waals surface area contributed by atoms with Crippen molar-refractivity contribution in [1.29, 1.82) is 0 Å². The summed E-state index contributed by atoms with van der Waals surface area (Å²) in [4.78, 5) is 27.4. The molecule has 0 aliphatic carbocycles. The van der Waals surface area contributed by atoms with E-state index in [9.17, 15) is 9.59 Å². The molecule has 1 N–H and O–H groups in total. The fraction of sp³-hybridized carbons (Fsp3) is 0.0870. The number of hydrogen-bond acceptors (Lipinski definition) is 4. The van der Waals surface area contributed by atoms with Crippen LogP contribution in [0.15, 0.2) is 71.7 Å². The second-order valence-electron chi connectivity index (χ2n) is 6.79. The van der Waals surface area contributed by atoms with Gasteiger partial charge in [-0.15, -0.1) is 0 Å². The Morgan fingerprint density at radius 2 is 1.90 bits per heavy atom. The van der Waals surface area contributed by atoms with E-state index in [1.165, 1.54) is 0 Å². The summed E-state index contributed by atoms with van der Waals surface area (Å²) in [6.07, 6.45) is 2.54. The van der Waals surface area contributed by atoms with Crippen LogP contribution in [0.3, 0.4) is 0 Å². The molecule has 2 aromatic heterocycles. The highest BCUT2D eigenvalue weighted by molar-refractivity contribution is 6.30. The summed E-state index contributed by atoms with van der Waals surface area (Å²) in [6, 6.07) is 18.5. The Hall–Kier alpha value is -3.44. The number of pyridine rings is 2. The van der Waals surface area contributed by atoms with Gasteiger partial charge in [-0.05, 0) is 53.1 Å². The van der Waals surface area contributed by atoms with Crippen molar-refractivity contribution in [3.05, 3.63) is 93.5 Å². The summed E-state index contributed by atoms with van der Waals surface area (Å²) < 4.78 is 1.55. The van der Waals surface area contributed by atoms with Gasteiger partial charge in [-0.3, -0.25) is 9.59 Å². The zero-order chi connectivity index (χ0) is 20.4. The van der Waals surface area contributed by atoms with Gasteiger partial charge in [-0.25, -0.2) is 4.98 Å². The third-order valence-electron chi connectivity index (χ3n) is 4.74. The molecule has 6 heteroatoms. The van der Waals surface area contributed by atoms with Gasteiger partial charge < -0.3 is 9.88 Å². The van der Waals surface area contributed by atoms with Gasteiger partial charge in [0.15, 0.2) is 6.29 Å². The van der Waals surface area contributed by atoms with Crippen molar-refractivity contribution >= 4 is 34.5 Å². The first-order chi connectivity index (χ1) is 14.0. The Morgan fingerprint density at radius 3 is 2.66 bits per heavy atom. The van der Waals surface area contributed by atoms with Gasteiger partial charge in [0.1, 0.15) is 5.69 Å². The number of aldehydes is 1. The molecule has 0 spiro atoms. The van der Waals surface area contributed by atoms with Crippen molar-refractivity contribution in [2.24, 2.45) is 7.05 Å². The molecule has 2 aromatic carbocycles. The highest BCUT2D eigenvalue weighted by Crippen LogP contribution is 2.29. The minimum Gasteiger partial charge on any atom is -0.380 e. The van der Waals surface area contributed by atoms with Crippen molar-refractivity contribution in [2.45, 2.75) is 6.54 Å². The van der Waals surface area contributed by atoms with Crippen LogP contribution in [0.5, 0.6) is 0 Å². The summed E-state index contributed by atoms with van der Waals surface area (Å²) in [5, 5.41) is 4.96. The molecular weight excluding hydrogens is 386 g/mol. The van der Waals surface area contributed by atoms with E-state index in [-0.39, 0.29) is 5.56 Å². The predicted molar refractivity (Wildman–Crippen MR) is 117 cm³/mol. The lowest BCUT2D eigenvalue weighted by Crippen LogP contribution is -2.13. The van der Waals surface area contributed by atoms with Gasteiger partial charge in [0, 0.05) is 42.0 Å². The highest BCUT2D eigenvalue weighted by Gasteiger charge is 2.09. The quantitative estimate of drug-likeness (QED) is 0.491. The van der Waals surface area contributed by atoms with E-state index in [4.69, 9.17) is 11.6 Å². The molecule has 0 aliphatic rings. The van der Waals surface area contributed by atoms with E-state index < -0.39 is 0 Å². The second kappa shape index (κ2) is 7.89. The molecule has 29 heavy (non-hydrogen) atoms. The molecule has 4 rings (SSSR count). The topological polar surface area (TPSA) is 64.0 Å². The normalized spacial score (nSPS) is 10.8. The molecule has 0 aliphatic heterocycles. The van der Waals surface area contributed by atoms with Crippen molar-refractivity contribution in [3.63, 3.8) is 0 Å². The first-order valence-electron chi connectivity index (χ1n) is 9.09. The van der Waals surface area contributed by atoms with E-state index in [0.717, 1.165) is 39.6 Å². The molecule has 0 amide bonds. The largest absolute Gasteiger partial charge is 0.380 e. The Bertz CT molecular complexity index is 1280. The van der Waals surface area contributed by atoms with E-state index in [1.807, 2.05) is 42.5 Å². The fourth-order valence-electron chi connectivity index (χ4n) is 3.24. The maximum absolute atomic E-state index is 11.7. The Morgan fingerprint density at radius 1 is 1.07 bits per heavy atom. The third-order valence-corrected chi connectivity index (χ3v) is 4.98. The van der Waals surface area contributed by atoms with Crippen LogP contribution in [0, 0.1) is 0 Å². The molecule has 0 bridgehead atoms. The lowest BCUT2D eigenvalue weighted by Gasteiger charge is -2.12. The van der Waals surface area contributed by atoms with E-state index in [2.05, 4.69) is 10.3 Å². The van der Waals surface area contributed by atoms with Crippen molar-refractivity contribution < 1.29 is 4.79 Å². The van der Waals surface area contributed by atoms with E-state index in [1.54, 1.807) is 36.0 Å². The number of fused-ring (bicyclic) bond motifs is 1. The number of rotatable bonds is 5. The second-order valence-corrected chi connectivity index (χ2v) is 7.23. The SMILES string of the molecule is Cn1cc(-c2ccc3nc(C=O)cc(NCc4cccc(Cl)c4)c3c2)ccc1=O. The fourth-order valence-corrected chi connectivity index (χ4v) is 3.45. The molecule has 0 saturated heterocycles. The standard InChI is InChI=1S/C23H18ClN3O2/c1-27-13-17(6-8-23(27)29)16-5-7-21-20(10-16)22(11-19(14-28)26-21)25-12-15-3-2-4-18(24)9-15/h2-11,13-14H,12H2,1H3,(H,25,26). The number of carbonyl (C=O) groups is 1. The van der Waals surface area contributed by atoms with Gasteiger partial charge in [0.2, 0.25) is 5.56 Å². The average molecular weight is 404 g/mol. The monoisotopic (exact) mass is 403 g/mol. The average Bonchev–Trinajstić information content (AvgIpc) is 2.73. The molecule has 0 radical (unpaired) electrons. The summed E-state index contributed by atoms with van der Waals surface area (Å²) in [6.45, 7) is 0.558. The van der Waals surface area contributed by atoms with Gasteiger partial charge in [-0.2, -0.15) is 0 Å². The summed E-state index contributed by atoms with van der Waals surface area (Å²) >= 11 is 6.07. The lowest BCUT2D eigenvalue weighted by atomic mass is 10.0. The van der Waals surface area contributed by atoms with Crippen LogP contribution < -0.4 is 10.9 Å². The first kappa shape index (κ1) is 18.9. The van der Waals surface area contributed by atoms with Crippen molar-refractivity contribution in [3.8, 4) is 11.1 Å². The number of hydrogen-bond donors (Lipinski definition) is 1. The smallest absolute Gasteiger partial charge is 0.250 e. The summed E-state index contributed by atoms with van der Waals surface area (Å²) in [5.41, 5.74) is 4.75. The highest BCUT2D eigenvalue weighted by atomic mass is 35.5. The van der Waals surface area contributed by atoms with Crippen LogP contribution >= 0.6 is 11.6 Å². The molecule has 0 atom stereocenters. The zero-order valence-corrected chi connectivity index (χ0v) is 16.5. The number of benzene rings is 2. The predicted octanol–water partition coefficient (Wildman–Crippen LogP) is 4.68. The number of halogens is 1. The molecule has 0 unspecified atom stereocenters. The van der Waals surface area contributed by atoms with Crippen LogP contribution in [0.1, 0.15) is 16.1 Å².